The van der Waals surface area contributed by atoms with E-state index in [1.807, 2.05) is 43.1 Å². The average Bonchev–Trinajstić information content (AvgIpc) is 3.36. The minimum absolute atomic E-state index is 0.0493. The van der Waals surface area contributed by atoms with Gasteiger partial charge in [0.2, 0.25) is 5.88 Å². The summed E-state index contributed by atoms with van der Waals surface area (Å²) in [6, 6.07) is 9.35. The third kappa shape index (κ3) is 4.51. The van der Waals surface area contributed by atoms with Gasteiger partial charge in [-0.2, -0.15) is 0 Å². The highest BCUT2D eigenvalue weighted by molar-refractivity contribution is 6.21. The zero-order valence-electron chi connectivity index (χ0n) is 19.2. The second-order valence-electron chi connectivity index (χ2n) is 7.74. The summed E-state index contributed by atoms with van der Waals surface area (Å²) in [6.07, 6.45) is 4.89. The molecule has 0 aliphatic carbocycles. The van der Waals surface area contributed by atoms with Crippen molar-refractivity contribution in [3.05, 3.63) is 59.0 Å². The minimum atomic E-state index is -0.699. The van der Waals surface area contributed by atoms with Crippen LogP contribution in [0.3, 0.4) is 0 Å². The molecule has 0 saturated heterocycles. The number of esters is 1. The number of carbonyl (C=O) groups excluding carboxylic acids is 1. The van der Waals surface area contributed by atoms with Crippen LogP contribution in [-0.2, 0) is 4.74 Å². The van der Waals surface area contributed by atoms with Gasteiger partial charge in [0.1, 0.15) is 0 Å². The van der Waals surface area contributed by atoms with Crippen LogP contribution in [0.5, 0.6) is 5.75 Å². The molecule has 0 saturated carbocycles. The fourth-order valence-corrected chi connectivity index (χ4v) is 3.63. The Morgan fingerprint density at radius 3 is 2.88 bits per heavy atom. The summed E-state index contributed by atoms with van der Waals surface area (Å²) in [5.74, 6) is -0.277. The standard InChI is InChI=1S/C25H26N4O5/c1-4-33-25(32)21-22(31)20(13-16-14-27-23-18(16)6-5-9-26-23)34-24(21)28-19-8-7-17(12-15(19)2)29(3)10-11-30/h5-9,12-14,28,30-31H,4,10-11H2,1-3H3. The Kier molecular flexibility index (Phi) is 6.65. The van der Waals surface area contributed by atoms with Gasteiger partial charge in [-0.1, -0.05) is 0 Å². The maximum absolute atomic E-state index is 12.7. The van der Waals surface area contributed by atoms with E-state index in [0.717, 1.165) is 16.8 Å². The quantitative estimate of drug-likeness (QED) is 0.424. The van der Waals surface area contributed by atoms with Crippen LogP contribution in [0.25, 0.3) is 11.6 Å². The highest BCUT2D eigenvalue weighted by Crippen LogP contribution is 2.40. The van der Waals surface area contributed by atoms with E-state index in [1.54, 1.807) is 31.5 Å². The number of nitrogens with zero attached hydrogens (tertiary/aromatic N) is 3. The number of pyridine rings is 1. The van der Waals surface area contributed by atoms with Crippen LogP contribution in [0.2, 0.25) is 0 Å². The van der Waals surface area contributed by atoms with Crippen LogP contribution >= 0.6 is 0 Å². The number of aliphatic imine (C=N–C) groups is 1. The Hall–Kier alpha value is -4.11. The topological polar surface area (TPSA) is 120 Å². The zero-order chi connectivity index (χ0) is 24.2. The Labute approximate surface area is 197 Å². The smallest absolute Gasteiger partial charge is 0.347 e. The number of aliphatic hydroxyl groups excluding tert-OH is 1. The van der Waals surface area contributed by atoms with Crippen LogP contribution < -0.4 is 10.2 Å². The molecular formula is C25H26N4O5. The number of furan rings is 1. The third-order valence-electron chi connectivity index (χ3n) is 5.43. The molecule has 1 aliphatic rings. The number of benzene rings is 1. The molecule has 1 aromatic carbocycles. The van der Waals surface area contributed by atoms with E-state index in [-0.39, 0.29) is 36.2 Å². The molecule has 9 heteroatoms. The summed E-state index contributed by atoms with van der Waals surface area (Å²) in [7, 11) is 1.89. The lowest BCUT2D eigenvalue weighted by Crippen LogP contribution is -2.21. The fraction of sp³-hybridized carbons (Fsp3) is 0.240. The lowest BCUT2D eigenvalue weighted by molar-refractivity contribution is 0.0524. The summed E-state index contributed by atoms with van der Waals surface area (Å²) in [4.78, 5) is 23.1. The first-order valence-electron chi connectivity index (χ1n) is 10.9. The van der Waals surface area contributed by atoms with Gasteiger partial charge in [0.15, 0.2) is 22.9 Å². The summed E-state index contributed by atoms with van der Waals surface area (Å²) in [5.41, 5.74) is 3.91. The van der Waals surface area contributed by atoms with Crippen LogP contribution in [0.15, 0.2) is 45.9 Å². The van der Waals surface area contributed by atoms with Gasteiger partial charge in [-0.05, 0) is 55.8 Å². The number of rotatable bonds is 8. The molecule has 2 aromatic heterocycles. The van der Waals surface area contributed by atoms with Crippen LogP contribution in [0.4, 0.5) is 23.1 Å². The molecule has 9 nitrogen and oxygen atoms in total. The number of nitrogens with one attached hydrogen (secondary N) is 1. The number of anilines is 3. The van der Waals surface area contributed by atoms with Crippen molar-refractivity contribution in [1.82, 2.24) is 4.98 Å². The van der Waals surface area contributed by atoms with Crippen molar-refractivity contribution >= 4 is 46.9 Å². The van der Waals surface area contributed by atoms with Gasteiger partial charge in [0, 0.05) is 48.5 Å². The largest absolute Gasteiger partial charge is 0.504 e. The van der Waals surface area contributed by atoms with E-state index in [0.29, 0.717) is 23.6 Å². The van der Waals surface area contributed by atoms with Gasteiger partial charge in [0.05, 0.1) is 13.2 Å². The predicted octanol–water partition coefficient (Wildman–Crippen LogP) is 4.29. The molecule has 0 fully saturated rings. The summed E-state index contributed by atoms with van der Waals surface area (Å²) >= 11 is 0. The van der Waals surface area contributed by atoms with E-state index in [2.05, 4.69) is 15.3 Å². The summed E-state index contributed by atoms with van der Waals surface area (Å²) in [5, 5.41) is 23.2. The van der Waals surface area contributed by atoms with Gasteiger partial charge in [-0.15, -0.1) is 0 Å². The van der Waals surface area contributed by atoms with Crippen LogP contribution in [0, 0.1) is 6.92 Å². The number of ether oxygens (including phenoxy) is 1. The second kappa shape index (κ2) is 9.80. The van der Waals surface area contributed by atoms with Gasteiger partial charge >= 0.3 is 5.97 Å². The van der Waals surface area contributed by atoms with E-state index in [9.17, 15) is 15.0 Å². The molecular weight excluding hydrogens is 436 g/mol. The van der Waals surface area contributed by atoms with Crippen molar-refractivity contribution in [2.75, 3.05) is 37.0 Å². The van der Waals surface area contributed by atoms with E-state index in [1.165, 1.54) is 0 Å². The normalized spacial score (nSPS) is 13.2. The lowest BCUT2D eigenvalue weighted by Gasteiger charge is -2.19. The van der Waals surface area contributed by atoms with Crippen molar-refractivity contribution in [2.24, 2.45) is 4.99 Å². The average molecular weight is 463 g/mol. The maximum atomic E-state index is 12.7. The SMILES string of the molecule is CCOC(=O)c1c(Nc2ccc(N(C)CCO)cc2C)oc(C=C2C=Nc3ncccc32)c1O. The van der Waals surface area contributed by atoms with Crippen molar-refractivity contribution in [3.63, 3.8) is 0 Å². The summed E-state index contributed by atoms with van der Waals surface area (Å²) in [6.45, 7) is 4.30. The number of fused-ring (bicyclic) bond motifs is 1. The third-order valence-corrected chi connectivity index (χ3v) is 5.43. The lowest BCUT2D eigenvalue weighted by atomic mass is 10.1. The van der Waals surface area contributed by atoms with Crippen molar-refractivity contribution < 1.29 is 24.2 Å². The highest BCUT2D eigenvalue weighted by atomic mass is 16.5. The van der Waals surface area contributed by atoms with E-state index in [4.69, 9.17) is 9.15 Å². The first-order valence-corrected chi connectivity index (χ1v) is 10.9. The Morgan fingerprint density at radius 1 is 1.32 bits per heavy atom. The monoisotopic (exact) mass is 462 g/mol. The number of aryl methyl sites for hydroxylation is 1. The zero-order valence-corrected chi connectivity index (χ0v) is 19.2. The van der Waals surface area contributed by atoms with Gasteiger partial charge in [-0.25, -0.2) is 14.8 Å². The van der Waals surface area contributed by atoms with Crippen LogP contribution in [-0.4, -0.2) is 54.2 Å². The van der Waals surface area contributed by atoms with E-state index < -0.39 is 5.97 Å². The molecule has 0 bridgehead atoms. The molecule has 4 rings (SSSR count). The number of allylic oxidation sites excluding steroid dienone is 1. The van der Waals surface area contributed by atoms with Gasteiger partial charge in [-0.3, -0.25) is 0 Å². The molecule has 0 amide bonds. The van der Waals surface area contributed by atoms with E-state index >= 15 is 0 Å². The molecule has 0 spiro atoms. The van der Waals surface area contributed by atoms with Gasteiger partial charge < -0.3 is 29.6 Å². The number of hydrogen-bond donors (Lipinski definition) is 3. The maximum Gasteiger partial charge on any atom is 0.347 e. The second-order valence-corrected chi connectivity index (χ2v) is 7.74. The molecule has 176 valence electrons. The number of likely N-dealkylation sites (N-methyl/N-ethyl adjacent to an activating group) is 1. The molecule has 0 radical (unpaired) electrons. The Balaban J connectivity index is 1.71. The highest BCUT2D eigenvalue weighted by Gasteiger charge is 2.27. The number of aromatic hydroxyl groups is 1. The predicted molar refractivity (Wildman–Crippen MR) is 131 cm³/mol. The molecule has 3 aromatic rings. The first-order chi connectivity index (χ1) is 16.4. The molecule has 1 aliphatic heterocycles. The number of aromatic nitrogens is 1. The van der Waals surface area contributed by atoms with Crippen LogP contribution in [0.1, 0.15) is 34.2 Å². The molecule has 0 unspecified atom stereocenters. The molecule has 0 atom stereocenters. The fourth-order valence-electron chi connectivity index (χ4n) is 3.63. The Morgan fingerprint density at radius 2 is 2.15 bits per heavy atom. The Bertz CT molecular complexity index is 1280. The molecule has 3 heterocycles. The number of aliphatic hydroxyl groups is 1. The van der Waals surface area contributed by atoms with Crippen molar-refractivity contribution in [3.8, 4) is 5.75 Å². The van der Waals surface area contributed by atoms with Gasteiger partial charge in [0.25, 0.3) is 0 Å². The number of hydrogen-bond acceptors (Lipinski definition) is 9. The molecule has 34 heavy (non-hydrogen) atoms. The first kappa shape index (κ1) is 23.1. The van der Waals surface area contributed by atoms with Crippen molar-refractivity contribution in [2.45, 2.75) is 13.8 Å². The van der Waals surface area contributed by atoms with Crippen molar-refractivity contribution in [1.29, 1.82) is 0 Å². The summed E-state index contributed by atoms with van der Waals surface area (Å²) < 4.78 is 11.0. The number of carbonyl (C=O) groups is 1. The molecule has 3 N–H and O–H groups in total. The minimum Gasteiger partial charge on any atom is -0.504 e.